The quantitative estimate of drug-likeness (QED) is 0.310. The van der Waals surface area contributed by atoms with Gasteiger partial charge in [-0.05, 0) is 23.1 Å². The van der Waals surface area contributed by atoms with Crippen molar-refractivity contribution in [3.63, 3.8) is 0 Å². The van der Waals surface area contributed by atoms with E-state index in [4.69, 9.17) is 18.6 Å². The van der Waals surface area contributed by atoms with Crippen molar-refractivity contribution in [3.8, 4) is 0 Å². The maximum absolute atomic E-state index is 12.8. The zero-order chi connectivity index (χ0) is 28.3. The summed E-state index contributed by atoms with van der Waals surface area (Å²) in [6.07, 6.45) is 0. The van der Waals surface area contributed by atoms with Crippen LogP contribution in [-0.4, -0.2) is 47.4 Å². The van der Waals surface area contributed by atoms with Crippen molar-refractivity contribution in [1.82, 2.24) is 0 Å². The van der Waals surface area contributed by atoms with Gasteiger partial charge in [-0.25, -0.2) is 18.6 Å². The van der Waals surface area contributed by atoms with Gasteiger partial charge in [0.1, 0.15) is 11.3 Å². The molecule has 4 aromatic rings. The summed E-state index contributed by atoms with van der Waals surface area (Å²) in [5, 5.41) is 15.1. The molecule has 2 N–H and O–H groups in total. The lowest BCUT2D eigenvalue weighted by molar-refractivity contribution is -2.00. The van der Waals surface area contributed by atoms with Gasteiger partial charge >= 0.3 is 0 Å². The zero-order valence-electron chi connectivity index (χ0n) is 22.4. The minimum atomic E-state index is -4.94. The maximum Gasteiger partial charge on any atom is 0.144 e. The number of aliphatic hydroxyl groups is 1. The van der Waals surface area contributed by atoms with Gasteiger partial charge in [-0.15, -0.1) is 10.2 Å². The van der Waals surface area contributed by atoms with Crippen LogP contribution in [0.15, 0.2) is 84.9 Å². The molecule has 0 spiro atoms. The fourth-order valence-electron chi connectivity index (χ4n) is 4.84. The fraction of sp³-hybridized carbons (Fsp3) is 0.241. The molecule has 9 heteroatoms. The van der Waals surface area contributed by atoms with Gasteiger partial charge in [0.2, 0.25) is 0 Å². The van der Waals surface area contributed by atoms with E-state index in [1.807, 2.05) is 62.6 Å². The summed E-state index contributed by atoms with van der Waals surface area (Å²) in [6.45, 7) is 0. The lowest BCUT2D eigenvalue weighted by Crippen LogP contribution is -3.00. The number of benzene rings is 4. The number of nitrogens with zero attached hydrogens (tertiary/aromatic N) is 2. The molecule has 4 aromatic carbocycles. The van der Waals surface area contributed by atoms with Crippen molar-refractivity contribution in [2.45, 2.75) is 5.60 Å². The van der Waals surface area contributed by atoms with Gasteiger partial charge in [0.25, 0.3) is 0 Å². The van der Waals surface area contributed by atoms with Gasteiger partial charge in [-0.1, -0.05) is 72.8 Å². The number of halogens is 1. The summed E-state index contributed by atoms with van der Waals surface area (Å²) in [5.74, 6) is 0. The Hall–Kier alpha value is -3.21. The third-order valence-electron chi connectivity index (χ3n) is 6.36. The Bertz CT molecular complexity index is 1370. The van der Waals surface area contributed by atoms with Gasteiger partial charge in [0.05, 0.1) is 25.2 Å². The van der Waals surface area contributed by atoms with Gasteiger partial charge < -0.3 is 19.8 Å². The maximum atomic E-state index is 12.8. The Labute approximate surface area is 225 Å². The molecule has 0 saturated carbocycles. The van der Waals surface area contributed by atoms with Crippen LogP contribution in [0.2, 0.25) is 0 Å². The van der Waals surface area contributed by atoms with E-state index in [1.54, 1.807) is 0 Å². The summed E-state index contributed by atoms with van der Waals surface area (Å²) >= 11 is 0. The number of hydrogen-bond donors (Lipinski definition) is 2. The SMILES string of the molecule is CN(C)c1ccccc1[C@](O)(c1ccccc1)c1ccc2cccc([NH+](C)C)c2c1N(C)C.[O-][Cl+3]([O-])([O-])[O-]. The third-order valence-corrected chi connectivity index (χ3v) is 6.36. The van der Waals surface area contributed by atoms with Crippen LogP contribution in [0.25, 0.3) is 10.8 Å². The Morgan fingerprint density at radius 1 is 0.684 bits per heavy atom. The second-order valence-corrected chi connectivity index (χ2v) is 10.4. The van der Waals surface area contributed by atoms with E-state index in [0.29, 0.717) is 0 Å². The van der Waals surface area contributed by atoms with Crippen molar-refractivity contribution in [2.24, 2.45) is 0 Å². The van der Waals surface area contributed by atoms with E-state index in [9.17, 15) is 5.11 Å². The van der Waals surface area contributed by atoms with Gasteiger partial charge in [-0.3, -0.25) is 0 Å². The Kier molecular flexibility index (Phi) is 9.01. The molecule has 202 valence electrons. The highest BCUT2D eigenvalue weighted by Crippen LogP contribution is 2.47. The van der Waals surface area contributed by atoms with Crippen molar-refractivity contribution in [1.29, 1.82) is 0 Å². The van der Waals surface area contributed by atoms with Crippen molar-refractivity contribution < 1.29 is 38.9 Å². The molecule has 1 atom stereocenters. The smallest absolute Gasteiger partial charge is 0.144 e. The van der Waals surface area contributed by atoms with Crippen molar-refractivity contribution >= 4 is 27.8 Å². The Morgan fingerprint density at radius 2 is 1.26 bits per heavy atom. The van der Waals surface area contributed by atoms with Crippen LogP contribution in [0.1, 0.15) is 16.7 Å². The lowest BCUT2D eigenvalue weighted by atomic mass is 9.77. The first-order valence-corrected chi connectivity index (χ1v) is 13.2. The van der Waals surface area contributed by atoms with Crippen LogP contribution < -0.4 is 33.3 Å². The number of nitrogens with one attached hydrogen (secondary N) is 1. The molecule has 0 aliphatic heterocycles. The highest BCUT2D eigenvalue weighted by Gasteiger charge is 2.39. The number of para-hydroxylation sites is 1. The molecule has 38 heavy (non-hydrogen) atoms. The number of quaternary nitrogens is 1. The first-order valence-electron chi connectivity index (χ1n) is 12.0. The van der Waals surface area contributed by atoms with Crippen molar-refractivity contribution in [2.75, 3.05) is 52.1 Å². The molecule has 0 bridgehead atoms. The van der Waals surface area contributed by atoms with E-state index in [1.165, 1.54) is 10.6 Å². The molecule has 0 aliphatic carbocycles. The normalized spacial score (nSPS) is 13.1. The van der Waals surface area contributed by atoms with Crippen LogP contribution >= 0.6 is 0 Å². The first-order chi connectivity index (χ1) is 17.8. The molecule has 0 radical (unpaired) electrons. The second-order valence-electron chi connectivity index (χ2n) is 9.63. The molecular formula is C29H34ClN3O5. The lowest BCUT2D eigenvalue weighted by Gasteiger charge is -2.36. The van der Waals surface area contributed by atoms with Gasteiger partial charge in [-0.2, -0.15) is 0 Å². The predicted molar refractivity (Wildman–Crippen MR) is 140 cm³/mol. The summed E-state index contributed by atoms with van der Waals surface area (Å²) in [5.41, 5.74) is 4.45. The first kappa shape index (κ1) is 29.3. The van der Waals surface area contributed by atoms with Gasteiger partial charge in [0, 0.05) is 45.0 Å². The van der Waals surface area contributed by atoms with E-state index in [0.717, 1.165) is 38.8 Å². The average molecular weight is 540 g/mol. The number of hydrogen-bond acceptors (Lipinski definition) is 7. The predicted octanol–water partition coefficient (Wildman–Crippen LogP) is -0.724. The minimum Gasteiger partial charge on any atom is -0.377 e. The molecule has 0 unspecified atom stereocenters. The van der Waals surface area contributed by atoms with Crippen LogP contribution in [0.3, 0.4) is 0 Å². The average Bonchev–Trinajstić information content (AvgIpc) is 2.86. The molecule has 4 rings (SSSR count). The molecule has 0 amide bonds. The summed E-state index contributed by atoms with van der Waals surface area (Å²) in [6, 6.07) is 28.8. The summed E-state index contributed by atoms with van der Waals surface area (Å²) in [4.78, 5) is 5.45. The largest absolute Gasteiger partial charge is 0.377 e. The van der Waals surface area contributed by atoms with E-state index >= 15 is 0 Å². The number of fused-ring (bicyclic) bond motifs is 1. The van der Waals surface area contributed by atoms with E-state index in [-0.39, 0.29) is 0 Å². The Balaban J connectivity index is 0.000000732. The van der Waals surface area contributed by atoms with Crippen LogP contribution in [0.5, 0.6) is 0 Å². The summed E-state index contributed by atoms with van der Waals surface area (Å²) < 4.78 is 34.0. The topological polar surface area (TPSA) is 123 Å². The van der Waals surface area contributed by atoms with E-state index < -0.39 is 15.8 Å². The summed E-state index contributed by atoms with van der Waals surface area (Å²) in [7, 11) is 7.50. The van der Waals surface area contributed by atoms with Crippen molar-refractivity contribution in [3.05, 3.63) is 102 Å². The second kappa shape index (κ2) is 11.7. The molecule has 0 saturated heterocycles. The highest BCUT2D eigenvalue weighted by molar-refractivity contribution is 6.03. The molecule has 8 nitrogen and oxygen atoms in total. The van der Waals surface area contributed by atoms with E-state index in [2.05, 4.69) is 74.4 Å². The third kappa shape index (κ3) is 6.25. The minimum absolute atomic E-state index is 0.844. The standard InChI is InChI=1S/C29H33N3O.ClHO4/c1-30(2)25-17-11-10-16-23(25)29(33,22-14-8-7-9-15-22)24-20-19-21-13-12-18-26(31(3)4)27(21)28(24)32(5)6;2-1(3,4)5/h7-20,33H,1-6H3;(H,2,3,4,5)/t29-;/m1./s1. The molecular weight excluding hydrogens is 506 g/mol. The molecule has 0 fully saturated rings. The number of rotatable bonds is 6. The van der Waals surface area contributed by atoms with Crippen LogP contribution in [0, 0.1) is 10.2 Å². The molecule has 0 aliphatic rings. The van der Waals surface area contributed by atoms with Crippen LogP contribution in [-0.2, 0) is 5.60 Å². The van der Waals surface area contributed by atoms with Gasteiger partial charge in [0.15, 0.2) is 0 Å². The molecule has 0 aromatic heterocycles. The highest BCUT2D eigenvalue weighted by atomic mass is 35.7. The van der Waals surface area contributed by atoms with Crippen LogP contribution in [0.4, 0.5) is 17.1 Å². The molecule has 0 heterocycles. The zero-order valence-corrected chi connectivity index (χ0v) is 23.2. The monoisotopic (exact) mass is 539 g/mol. The fourth-order valence-corrected chi connectivity index (χ4v) is 4.84. The number of anilines is 2. The Morgan fingerprint density at radius 3 is 1.82 bits per heavy atom.